The summed E-state index contributed by atoms with van der Waals surface area (Å²) in [4.78, 5) is 0. The van der Waals surface area contributed by atoms with E-state index < -0.39 is 0 Å². The molecule has 1 aromatic carbocycles. The Morgan fingerprint density at radius 2 is 2.27 bits per heavy atom. The van der Waals surface area contributed by atoms with Gasteiger partial charge in [-0.25, -0.2) is 4.39 Å². The van der Waals surface area contributed by atoms with Crippen LogP contribution in [0.2, 0.25) is 0 Å². The van der Waals surface area contributed by atoms with Crippen LogP contribution in [0.3, 0.4) is 0 Å². The Bertz CT molecular complexity index is 383. The van der Waals surface area contributed by atoms with Gasteiger partial charge in [0.25, 0.3) is 0 Å². The number of benzene rings is 1. The first kappa shape index (κ1) is 11.4. The first-order chi connectivity index (χ1) is 7.09. The molecule has 0 amide bonds. The van der Waals surface area contributed by atoms with Gasteiger partial charge in [0.2, 0.25) is 0 Å². The van der Waals surface area contributed by atoms with Gasteiger partial charge in [0.05, 0.1) is 4.47 Å². The molecule has 0 bridgehead atoms. The Kier molecular flexibility index (Phi) is 3.38. The third-order valence-corrected chi connectivity index (χ3v) is 4.80. The molecular weight excluding hydrogens is 277 g/mol. The number of hydrogen-bond donors (Lipinski definition) is 1. The second-order valence-electron chi connectivity index (χ2n) is 3.89. The molecule has 1 aliphatic rings. The Morgan fingerprint density at radius 3 is 3.00 bits per heavy atom. The first-order valence-corrected chi connectivity index (χ1v) is 6.77. The molecule has 0 saturated carbocycles. The van der Waals surface area contributed by atoms with Crippen LogP contribution in [-0.2, 0) is 5.75 Å². The normalized spacial score (nSPS) is 25.9. The van der Waals surface area contributed by atoms with E-state index in [-0.39, 0.29) is 11.9 Å². The van der Waals surface area contributed by atoms with Crippen LogP contribution in [0.25, 0.3) is 0 Å². The van der Waals surface area contributed by atoms with Gasteiger partial charge in [-0.3, -0.25) is 0 Å². The molecule has 2 atom stereocenters. The first-order valence-electron chi connectivity index (χ1n) is 4.93. The molecule has 0 saturated heterocycles. The van der Waals surface area contributed by atoms with Gasteiger partial charge >= 0.3 is 0 Å². The van der Waals surface area contributed by atoms with Crippen molar-refractivity contribution in [3.63, 3.8) is 0 Å². The van der Waals surface area contributed by atoms with Gasteiger partial charge in [0.15, 0.2) is 0 Å². The summed E-state index contributed by atoms with van der Waals surface area (Å²) in [6.07, 6.45) is 0.954. The number of fused-ring (bicyclic) bond motifs is 1. The quantitative estimate of drug-likeness (QED) is 0.790. The highest BCUT2D eigenvalue weighted by Gasteiger charge is 2.22. The van der Waals surface area contributed by atoms with Crippen LogP contribution in [0.15, 0.2) is 16.6 Å². The average molecular weight is 290 g/mol. The van der Waals surface area contributed by atoms with Crippen molar-refractivity contribution >= 4 is 27.7 Å². The molecule has 1 aliphatic heterocycles. The van der Waals surface area contributed by atoms with Crippen molar-refractivity contribution in [3.8, 4) is 0 Å². The standard InChI is InChI=1S/C11H13BrFNS/c1-6-4-10(14)7-2-3-9(13)11(12)8(7)5-15-6/h2-3,6,10H,4-5,14H2,1H3/t6?,10-/m0/s1. The topological polar surface area (TPSA) is 26.0 Å². The van der Waals surface area contributed by atoms with Crippen molar-refractivity contribution in [2.75, 3.05) is 0 Å². The molecule has 2 rings (SSSR count). The van der Waals surface area contributed by atoms with E-state index >= 15 is 0 Å². The Labute approximate surface area is 102 Å². The maximum Gasteiger partial charge on any atom is 0.137 e. The van der Waals surface area contributed by atoms with Crippen LogP contribution in [-0.4, -0.2) is 5.25 Å². The van der Waals surface area contributed by atoms with Gasteiger partial charge in [-0.2, -0.15) is 11.8 Å². The highest BCUT2D eigenvalue weighted by molar-refractivity contribution is 9.10. The van der Waals surface area contributed by atoms with Gasteiger partial charge in [0, 0.05) is 17.0 Å². The average Bonchev–Trinajstić information content (AvgIpc) is 2.32. The fourth-order valence-electron chi connectivity index (χ4n) is 1.88. The van der Waals surface area contributed by atoms with E-state index in [2.05, 4.69) is 22.9 Å². The molecule has 0 spiro atoms. The van der Waals surface area contributed by atoms with E-state index in [0.717, 1.165) is 23.3 Å². The van der Waals surface area contributed by atoms with Crippen molar-refractivity contribution in [1.82, 2.24) is 0 Å². The lowest BCUT2D eigenvalue weighted by Crippen LogP contribution is -2.14. The molecule has 2 N–H and O–H groups in total. The fourth-order valence-corrected chi connectivity index (χ4v) is 3.67. The van der Waals surface area contributed by atoms with Crippen molar-refractivity contribution in [3.05, 3.63) is 33.5 Å². The number of halogens is 2. The zero-order chi connectivity index (χ0) is 11.0. The number of hydrogen-bond acceptors (Lipinski definition) is 2. The Balaban J connectivity index is 2.48. The van der Waals surface area contributed by atoms with E-state index in [1.54, 1.807) is 0 Å². The van der Waals surface area contributed by atoms with E-state index in [1.807, 2.05) is 17.8 Å². The maximum atomic E-state index is 13.4. The summed E-state index contributed by atoms with van der Waals surface area (Å²) in [5.74, 6) is 0.638. The Hall–Kier alpha value is -0.0600. The molecule has 4 heteroatoms. The minimum atomic E-state index is -0.198. The van der Waals surface area contributed by atoms with Gasteiger partial charge in [-0.15, -0.1) is 0 Å². The third-order valence-electron chi connectivity index (χ3n) is 2.73. The van der Waals surface area contributed by atoms with Crippen LogP contribution in [0.4, 0.5) is 4.39 Å². The summed E-state index contributed by atoms with van der Waals surface area (Å²) >= 11 is 5.14. The van der Waals surface area contributed by atoms with Crippen molar-refractivity contribution in [2.24, 2.45) is 5.73 Å². The summed E-state index contributed by atoms with van der Waals surface area (Å²) < 4.78 is 13.9. The van der Waals surface area contributed by atoms with Crippen molar-refractivity contribution < 1.29 is 4.39 Å². The van der Waals surface area contributed by atoms with Crippen molar-refractivity contribution in [2.45, 2.75) is 30.4 Å². The summed E-state index contributed by atoms with van der Waals surface area (Å²) in [5, 5.41) is 0.530. The zero-order valence-corrected chi connectivity index (χ0v) is 10.9. The smallest absolute Gasteiger partial charge is 0.137 e. The van der Waals surface area contributed by atoms with E-state index in [0.29, 0.717) is 9.72 Å². The monoisotopic (exact) mass is 289 g/mol. The molecule has 82 valence electrons. The van der Waals surface area contributed by atoms with Crippen LogP contribution >= 0.6 is 27.7 Å². The summed E-state index contributed by atoms with van der Waals surface area (Å²) in [5.41, 5.74) is 8.21. The molecule has 0 fully saturated rings. The van der Waals surface area contributed by atoms with Crippen LogP contribution < -0.4 is 5.73 Å². The van der Waals surface area contributed by atoms with Gasteiger partial charge in [0.1, 0.15) is 5.82 Å². The lowest BCUT2D eigenvalue weighted by atomic mass is 9.98. The second-order valence-corrected chi connectivity index (χ2v) is 6.11. The highest BCUT2D eigenvalue weighted by Crippen LogP contribution is 2.37. The van der Waals surface area contributed by atoms with Crippen LogP contribution in [0.5, 0.6) is 0 Å². The lowest BCUT2D eigenvalue weighted by molar-refractivity contribution is 0.611. The largest absolute Gasteiger partial charge is 0.324 e. The molecule has 0 radical (unpaired) electrons. The predicted molar refractivity (Wildman–Crippen MR) is 66.4 cm³/mol. The molecule has 0 aliphatic carbocycles. The maximum absolute atomic E-state index is 13.4. The fraction of sp³-hybridized carbons (Fsp3) is 0.455. The zero-order valence-electron chi connectivity index (χ0n) is 8.47. The second kappa shape index (κ2) is 4.44. The van der Waals surface area contributed by atoms with Crippen molar-refractivity contribution in [1.29, 1.82) is 0 Å². The predicted octanol–water partition coefficient (Wildman–Crippen LogP) is 3.61. The third kappa shape index (κ3) is 2.22. The lowest BCUT2D eigenvalue weighted by Gasteiger charge is -2.14. The molecular formula is C11H13BrFNS. The summed E-state index contributed by atoms with van der Waals surface area (Å²) in [7, 11) is 0. The Morgan fingerprint density at radius 1 is 1.53 bits per heavy atom. The number of thioether (sulfide) groups is 1. The van der Waals surface area contributed by atoms with E-state index in [9.17, 15) is 4.39 Å². The SMILES string of the molecule is CC1C[C@H](N)c2ccc(F)c(Br)c2CS1. The number of nitrogens with two attached hydrogens (primary N) is 1. The summed E-state index contributed by atoms with van der Waals surface area (Å²) in [6, 6.07) is 3.34. The molecule has 0 aromatic heterocycles. The molecule has 1 heterocycles. The van der Waals surface area contributed by atoms with Gasteiger partial charge in [-0.05, 0) is 39.5 Å². The number of rotatable bonds is 0. The molecule has 15 heavy (non-hydrogen) atoms. The van der Waals surface area contributed by atoms with Crippen LogP contribution in [0.1, 0.15) is 30.5 Å². The minimum Gasteiger partial charge on any atom is -0.324 e. The van der Waals surface area contributed by atoms with Crippen LogP contribution in [0, 0.1) is 5.82 Å². The van der Waals surface area contributed by atoms with Gasteiger partial charge < -0.3 is 5.73 Å². The van der Waals surface area contributed by atoms with E-state index in [4.69, 9.17) is 5.73 Å². The highest BCUT2D eigenvalue weighted by atomic mass is 79.9. The molecule has 1 unspecified atom stereocenters. The summed E-state index contributed by atoms with van der Waals surface area (Å²) in [6.45, 7) is 2.17. The minimum absolute atomic E-state index is 0.0295. The van der Waals surface area contributed by atoms with E-state index in [1.165, 1.54) is 6.07 Å². The molecule has 1 aromatic rings. The van der Waals surface area contributed by atoms with Gasteiger partial charge in [-0.1, -0.05) is 13.0 Å². The molecule has 1 nitrogen and oxygen atoms in total.